The first-order chi connectivity index (χ1) is 8.91. The molecule has 0 radical (unpaired) electrons. The van der Waals surface area contributed by atoms with Crippen LogP contribution in [0.2, 0.25) is 0 Å². The second kappa shape index (κ2) is 5.36. The van der Waals surface area contributed by atoms with E-state index >= 15 is 0 Å². The third-order valence-corrected chi connectivity index (χ3v) is 3.45. The summed E-state index contributed by atoms with van der Waals surface area (Å²) >= 11 is 0. The fourth-order valence-corrected chi connectivity index (χ4v) is 2.37. The van der Waals surface area contributed by atoms with Gasteiger partial charge in [0.05, 0.1) is 5.56 Å². The average Bonchev–Trinajstić information content (AvgIpc) is 2.38. The topological polar surface area (TPSA) is 15.3 Å². The minimum Gasteiger partial charge on any atom is -0.370 e. The summed E-state index contributed by atoms with van der Waals surface area (Å²) in [5.74, 6) is -1.22. The van der Waals surface area contributed by atoms with Crippen molar-refractivity contribution < 1.29 is 17.6 Å². The molecule has 1 N–H and O–H groups in total. The molecule has 0 aliphatic carbocycles. The van der Waals surface area contributed by atoms with Gasteiger partial charge < -0.3 is 10.2 Å². The van der Waals surface area contributed by atoms with Crippen molar-refractivity contribution in [2.24, 2.45) is 0 Å². The number of anilines is 1. The van der Waals surface area contributed by atoms with Gasteiger partial charge in [-0.15, -0.1) is 0 Å². The second-order valence-corrected chi connectivity index (χ2v) is 4.74. The van der Waals surface area contributed by atoms with Crippen LogP contribution in [0.1, 0.15) is 18.4 Å². The number of benzene rings is 1. The normalized spacial score (nSPS) is 20.7. The van der Waals surface area contributed by atoms with Gasteiger partial charge >= 0.3 is 6.18 Å². The number of halogens is 4. The number of hydrogen-bond acceptors (Lipinski definition) is 2. The van der Waals surface area contributed by atoms with Gasteiger partial charge in [0.1, 0.15) is 5.82 Å². The highest BCUT2D eigenvalue weighted by atomic mass is 19.4. The van der Waals surface area contributed by atoms with E-state index in [-0.39, 0.29) is 6.04 Å². The Balaban J connectivity index is 2.25. The van der Waals surface area contributed by atoms with Crippen LogP contribution in [-0.4, -0.2) is 26.2 Å². The van der Waals surface area contributed by atoms with E-state index in [1.165, 1.54) is 6.07 Å². The molecule has 1 fully saturated rings. The van der Waals surface area contributed by atoms with Crippen molar-refractivity contribution in [2.45, 2.75) is 25.1 Å². The lowest BCUT2D eigenvalue weighted by molar-refractivity contribution is -0.139. The largest absolute Gasteiger partial charge is 0.419 e. The number of alkyl halides is 3. The van der Waals surface area contributed by atoms with Gasteiger partial charge in [0.25, 0.3) is 0 Å². The molecule has 2 nitrogen and oxygen atoms in total. The first-order valence-electron chi connectivity index (χ1n) is 6.21. The Morgan fingerprint density at radius 1 is 1.32 bits per heavy atom. The highest BCUT2D eigenvalue weighted by Crippen LogP contribution is 2.34. The zero-order chi connectivity index (χ0) is 14.0. The average molecular weight is 276 g/mol. The summed E-state index contributed by atoms with van der Waals surface area (Å²) in [4.78, 5) is 1.86. The van der Waals surface area contributed by atoms with Gasteiger partial charge in [0.2, 0.25) is 0 Å². The summed E-state index contributed by atoms with van der Waals surface area (Å²) in [6.45, 7) is 1.33. The van der Waals surface area contributed by atoms with Gasteiger partial charge in [-0.3, -0.25) is 0 Å². The standard InChI is InChI=1S/C13H16F4N2/c1-18-9-3-2-6-19(8-9)10-4-5-12(14)11(7-10)13(15,16)17/h4-5,7,9,18H,2-3,6,8H2,1H3. The van der Waals surface area contributed by atoms with E-state index in [1.54, 1.807) is 0 Å². The molecule has 0 bridgehead atoms. The first-order valence-corrected chi connectivity index (χ1v) is 6.21. The molecule has 1 unspecified atom stereocenters. The van der Waals surface area contributed by atoms with E-state index in [2.05, 4.69) is 5.32 Å². The molecular weight excluding hydrogens is 260 g/mol. The van der Waals surface area contributed by atoms with Gasteiger partial charge in [-0.25, -0.2) is 4.39 Å². The van der Waals surface area contributed by atoms with E-state index in [4.69, 9.17) is 0 Å². The van der Waals surface area contributed by atoms with Crippen LogP contribution in [0.4, 0.5) is 23.2 Å². The summed E-state index contributed by atoms with van der Waals surface area (Å²) in [7, 11) is 1.83. The minimum absolute atomic E-state index is 0.258. The van der Waals surface area contributed by atoms with Crippen LogP contribution in [0.5, 0.6) is 0 Å². The van der Waals surface area contributed by atoms with Crippen molar-refractivity contribution >= 4 is 5.69 Å². The van der Waals surface area contributed by atoms with Crippen LogP contribution in [0.15, 0.2) is 18.2 Å². The van der Waals surface area contributed by atoms with Crippen LogP contribution in [0.25, 0.3) is 0 Å². The van der Waals surface area contributed by atoms with Crippen LogP contribution >= 0.6 is 0 Å². The smallest absolute Gasteiger partial charge is 0.370 e. The Bertz CT molecular complexity index is 445. The Morgan fingerprint density at radius 3 is 2.68 bits per heavy atom. The number of nitrogens with one attached hydrogen (secondary N) is 1. The lowest BCUT2D eigenvalue weighted by Gasteiger charge is -2.34. The maximum Gasteiger partial charge on any atom is 0.419 e. The monoisotopic (exact) mass is 276 g/mol. The van der Waals surface area contributed by atoms with Crippen LogP contribution < -0.4 is 10.2 Å². The fraction of sp³-hybridized carbons (Fsp3) is 0.538. The van der Waals surface area contributed by atoms with Crippen molar-refractivity contribution in [3.05, 3.63) is 29.6 Å². The van der Waals surface area contributed by atoms with Crippen molar-refractivity contribution in [3.63, 3.8) is 0 Å². The highest BCUT2D eigenvalue weighted by molar-refractivity contribution is 5.50. The van der Waals surface area contributed by atoms with Crippen LogP contribution in [0, 0.1) is 5.82 Å². The van der Waals surface area contributed by atoms with E-state index < -0.39 is 17.6 Å². The van der Waals surface area contributed by atoms with Crippen molar-refractivity contribution in [1.82, 2.24) is 5.32 Å². The van der Waals surface area contributed by atoms with Crippen LogP contribution in [-0.2, 0) is 6.18 Å². The molecule has 0 aromatic heterocycles. The SMILES string of the molecule is CNC1CCCN(c2ccc(F)c(C(F)(F)F)c2)C1. The predicted molar refractivity (Wildman–Crippen MR) is 65.7 cm³/mol. The summed E-state index contributed by atoms with van der Waals surface area (Å²) in [6, 6.07) is 3.45. The molecular formula is C13H16F4N2. The third-order valence-electron chi connectivity index (χ3n) is 3.45. The zero-order valence-corrected chi connectivity index (χ0v) is 10.6. The summed E-state index contributed by atoms with van der Waals surface area (Å²) in [5.41, 5.74) is -0.773. The summed E-state index contributed by atoms with van der Waals surface area (Å²) in [6.07, 6.45) is -2.75. The Kier molecular flexibility index (Phi) is 3.99. The van der Waals surface area contributed by atoms with Crippen molar-refractivity contribution in [1.29, 1.82) is 0 Å². The fourth-order valence-electron chi connectivity index (χ4n) is 2.37. The molecule has 0 spiro atoms. The lowest BCUT2D eigenvalue weighted by atomic mass is 10.0. The van der Waals surface area contributed by atoms with Crippen molar-refractivity contribution in [3.8, 4) is 0 Å². The summed E-state index contributed by atoms with van der Waals surface area (Å²) < 4.78 is 51.2. The number of hydrogen-bond donors (Lipinski definition) is 1. The number of nitrogens with zero attached hydrogens (tertiary/aromatic N) is 1. The lowest BCUT2D eigenvalue weighted by Crippen LogP contribution is -2.44. The molecule has 1 aliphatic rings. The van der Waals surface area contributed by atoms with Gasteiger partial charge in [-0.05, 0) is 38.1 Å². The van der Waals surface area contributed by atoms with Gasteiger partial charge in [0.15, 0.2) is 0 Å². The molecule has 0 saturated carbocycles. The zero-order valence-electron chi connectivity index (χ0n) is 10.6. The molecule has 6 heteroatoms. The highest BCUT2D eigenvalue weighted by Gasteiger charge is 2.34. The first kappa shape index (κ1) is 14.1. The Hall–Kier alpha value is -1.30. The molecule has 19 heavy (non-hydrogen) atoms. The maximum atomic E-state index is 13.2. The number of rotatable bonds is 2. The van der Waals surface area contributed by atoms with E-state index in [0.29, 0.717) is 18.8 Å². The van der Waals surface area contributed by atoms with E-state index in [9.17, 15) is 17.6 Å². The Morgan fingerprint density at radius 2 is 2.05 bits per heavy atom. The van der Waals surface area contributed by atoms with Gasteiger partial charge in [0, 0.05) is 24.8 Å². The third kappa shape index (κ3) is 3.18. The molecule has 106 valence electrons. The van der Waals surface area contributed by atoms with E-state index in [1.807, 2.05) is 11.9 Å². The quantitative estimate of drug-likeness (QED) is 0.835. The Labute approximate surface area is 109 Å². The van der Waals surface area contributed by atoms with Crippen molar-refractivity contribution in [2.75, 3.05) is 25.0 Å². The minimum atomic E-state index is -4.65. The molecule has 0 amide bonds. The van der Waals surface area contributed by atoms with Gasteiger partial charge in [-0.1, -0.05) is 0 Å². The molecule has 2 rings (SSSR count). The molecule has 1 aromatic carbocycles. The molecule has 1 aromatic rings. The maximum absolute atomic E-state index is 13.2. The van der Waals surface area contributed by atoms with Crippen LogP contribution in [0.3, 0.4) is 0 Å². The molecule has 1 saturated heterocycles. The molecule has 1 aliphatic heterocycles. The number of likely N-dealkylation sites (N-methyl/N-ethyl adjacent to an activating group) is 1. The predicted octanol–water partition coefficient (Wildman–Crippen LogP) is 3.03. The number of piperidine rings is 1. The summed E-state index contributed by atoms with van der Waals surface area (Å²) in [5, 5.41) is 3.12. The van der Waals surface area contributed by atoms with E-state index in [0.717, 1.165) is 25.0 Å². The molecule has 1 atom stereocenters. The second-order valence-electron chi connectivity index (χ2n) is 4.74. The molecule has 1 heterocycles. The van der Waals surface area contributed by atoms with Gasteiger partial charge in [-0.2, -0.15) is 13.2 Å².